The van der Waals surface area contributed by atoms with Crippen LogP contribution in [-0.4, -0.2) is 11.6 Å². The van der Waals surface area contributed by atoms with Crippen molar-refractivity contribution in [2.75, 3.05) is 0 Å². The molecule has 0 saturated heterocycles. The first-order chi connectivity index (χ1) is 13.8. The Kier molecular flexibility index (Phi) is 3.93. The molecule has 0 heterocycles. The average molecular weight is 397 g/mol. The van der Waals surface area contributed by atoms with Gasteiger partial charge in [0.25, 0.3) is 0 Å². The molecule has 29 heavy (non-hydrogen) atoms. The molecule has 0 amide bonds. The second-order valence-corrected chi connectivity index (χ2v) is 12.7. The molecule has 160 valence electrons. The molecule has 0 aromatic carbocycles. The summed E-state index contributed by atoms with van der Waals surface area (Å²) >= 11 is 0. The predicted molar refractivity (Wildman–Crippen MR) is 114 cm³/mol. The number of hydrogen-bond acceptors (Lipinski definition) is 2. The molecule has 6 aliphatic carbocycles. The summed E-state index contributed by atoms with van der Waals surface area (Å²) in [4.78, 5) is 25.6. The molecule has 2 nitrogen and oxygen atoms in total. The molecular weight excluding hydrogens is 356 g/mol. The smallest absolute Gasteiger partial charge is 0.137 e. The third-order valence-corrected chi connectivity index (χ3v) is 12.4. The molecule has 6 saturated carbocycles. The standard InChI is InChI=1S/C27H40O2/c1-16(28)27-22-7-5-4-6-19(22)24(27)15-23-20-9-8-17-14-18(29)10-12-25(17,2)21(20)11-13-26(23,27)3/h17,19-24H,4-15H2,1-3H3/t17?,19?,20-,21-,22?,23-,24?,25+,26-,27+/m0/s1. The molecule has 0 aromatic rings. The lowest BCUT2D eigenvalue weighted by Gasteiger charge is -2.67. The van der Waals surface area contributed by atoms with Gasteiger partial charge < -0.3 is 0 Å². The fourth-order valence-corrected chi connectivity index (χ4v) is 11.4. The van der Waals surface area contributed by atoms with Crippen LogP contribution in [0.2, 0.25) is 0 Å². The molecule has 0 bridgehead atoms. The van der Waals surface area contributed by atoms with Crippen molar-refractivity contribution in [2.24, 2.45) is 57.7 Å². The third-order valence-electron chi connectivity index (χ3n) is 12.4. The van der Waals surface area contributed by atoms with Crippen molar-refractivity contribution in [2.45, 2.75) is 97.8 Å². The molecule has 0 radical (unpaired) electrons. The zero-order chi connectivity index (χ0) is 20.2. The summed E-state index contributed by atoms with van der Waals surface area (Å²) in [5.74, 6) is 6.33. The van der Waals surface area contributed by atoms with E-state index in [4.69, 9.17) is 0 Å². The maximum atomic E-state index is 13.4. The highest BCUT2D eigenvalue weighted by Gasteiger charge is 2.78. The van der Waals surface area contributed by atoms with Gasteiger partial charge in [-0.2, -0.15) is 0 Å². The molecule has 0 spiro atoms. The highest BCUT2D eigenvalue weighted by Crippen LogP contribution is 2.81. The Morgan fingerprint density at radius 2 is 1.62 bits per heavy atom. The average Bonchev–Trinajstić information content (AvgIpc) is 2.92. The Morgan fingerprint density at radius 1 is 0.862 bits per heavy atom. The second kappa shape index (κ2) is 5.98. The van der Waals surface area contributed by atoms with E-state index in [0.717, 1.165) is 42.9 Å². The number of fused-ring (bicyclic) bond motifs is 10. The van der Waals surface area contributed by atoms with Gasteiger partial charge >= 0.3 is 0 Å². The number of carbonyl (C=O) groups excluding carboxylic acids is 2. The minimum atomic E-state index is 0.0218. The molecule has 0 N–H and O–H groups in total. The summed E-state index contributed by atoms with van der Waals surface area (Å²) in [6, 6.07) is 0. The topological polar surface area (TPSA) is 34.1 Å². The molecular formula is C27H40O2. The van der Waals surface area contributed by atoms with Crippen molar-refractivity contribution >= 4 is 11.6 Å². The van der Waals surface area contributed by atoms with Crippen molar-refractivity contribution in [3.63, 3.8) is 0 Å². The lowest BCUT2D eigenvalue weighted by molar-refractivity contribution is -0.204. The Hall–Kier alpha value is -0.660. The summed E-state index contributed by atoms with van der Waals surface area (Å²) in [5.41, 5.74) is 0.654. The quantitative estimate of drug-likeness (QED) is 0.527. The van der Waals surface area contributed by atoms with E-state index in [0.29, 0.717) is 34.7 Å². The van der Waals surface area contributed by atoms with E-state index in [2.05, 4.69) is 13.8 Å². The fourth-order valence-electron chi connectivity index (χ4n) is 11.4. The Balaban J connectivity index is 1.38. The highest BCUT2D eigenvalue weighted by atomic mass is 16.1. The second-order valence-electron chi connectivity index (χ2n) is 12.7. The van der Waals surface area contributed by atoms with Gasteiger partial charge in [0.1, 0.15) is 11.6 Å². The Bertz CT molecular complexity index is 756. The van der Waals surface area contributed by atoms with Gasteiger partial charge in [0.05, 0.1) is 0 Å². The van der Waals surface area contributed by atoms with Crippen LogP contribution in [0.5, 0.6) is 0 Å². The van der Waals surface area contributed by atoms with Gasteiger partial charge in [-0.15, -0.1) is 0 Å². The van der Waals surface area contributed by atoms with Crippen molar-refractivity contribution in [1.82, 2.24) is 0 Å². The summed E-state index contributed by atoms with van der Waals surface area (Å²) in [5, 5.41) is 0. The lowest BCUT2D eigenvalue weighted by atomic mass is 9.35. The monoisotopic (exact) mass is 396 g/mol. The molecule has 0 aromatic heterocycles. The fraction of sp³-hybridized carbons (Fsp3) is 0.926. The molecule has 10 atom stereocenters. The van der Waals surface area contributed by atoms with Crippen LogP contribution in [0.4, 0.5) is 0 Å². The van der Waals surface area contributed by atoms with E-state index in [-0.39, 0.29) is 10.8 Å². The van der Waals surface area contributed by atoms with Crippen LogP contribution in [-0.2, 0) is 9.59 Å². The van der Waals surface area contributed by atoms with Gasteiger partial charge in [0.2, 0.25) is 0 Å². The highest BCUT2D eigenvalue weighted by molar-refractivity contribution is 5.86. The molecule has 0 aliphatic heterocycles. The van der Waals surface area contributed by atoms with Gasteiger partial charge in [0, 0.05) is 18.3 Å². The van der Waals surface area contributed by atoms with Gasteiger partial charge in [-0.1, -0.05) is 26.7 Å². The number of hydrogen-bond donors (Lipinski definition) is 0. The molecule has 4 unspecified atom stereocenters. The van der Waals surface area contributed by atoms with Crippen LogP contribution >= 0.6 is 0 Å². The minimum Gasteiger partial charge on any atom is -0.300 e. The van der Waals surface area contributed by atoms with E-state index in [1.54, 1.807) is 0 Å². The molecule has 2 heteroatoms. The van der Waals surface area contributed by atoms with Crippen LogP contribution in [0.25, 0.3) is 0 Å². The summed E-state index contributed by atoms with van der Waals surface area (Å²) < 4.78 is 0. The first-order valence-corrected chi connectivity index (χ1v) is 12.9. The largest absolute Gasteiger partial charge is 0.300 e. The summed E-state index contributed by atoms with van der Waals surface area (Å²) in [7, 11) is 0. The van der Waals surface area contributed by atoms with Crippen molar-refractivity contribution in [1.29, 1.82) is 0 Å². The van der Waals surface area contributed by atoms with Crippen LogP contribution in [0.3, 0.4) is 0 Å². The maximum Gasteiger partial charge on any atom is 0.137 e. The van der Waals surface area contributed by atoms with Gasteiger partial charge in [0.15, 0.2) is 0 Å². The first-order valence-electron chi connectivity index (χ1n) is 12.9. The van der Waals surface area contributed by atoms with E-state index in [9.17, 15) is 9.59 Å². The van der Waals surface area contributed by atoms with Crippen LogP contribution in [0.15, 0.2) is 0 Å². The molecule has 6 fully saturated rings. The van der Waals surface area contributed by atoms with Crippen molar-refractivity contribution in [3.05, 3.63) is 0 Å². The van der Waals surface area contributed by atoms with Crippen LogP contribution in [0, 0.1) is 57.7 Å². The van der Waals surface area contributed by atoms with E-state index in [1.165, 1.54) is 57.8 Å². The normalized spacial score (nSPS) is 58.2. The maximum absolute atomic E-state index is 13.4. The van der Waals surface area contributed by atoms with E-state index >= 15 is 0 Å². The zero-order valence-electron chi connectivity index (χ0n) is 18.8. The number of ketones is 2. The minimum absolute atomic E-state index is 0.0218. The Morgan fingerprint density at radius 3 is 2.41 bits per heavy atom. The van der Waals surface area contributed by atoms with Gasteiger partial charge in [-0.25, -0.2) is 0 Å². The van der Waals surface area contributed by atoms with E-state index in [1.807, 2.05) is 6.92 Å². The van der Waals surface area contributed by atoms with Crippen molar-refractivity contribution in [3.8, 4) is 0 Å². The SMILES string of the molecule is CC(=O)[C@@]12C3CCCCC3C1C[C@H]1[C@H]3CCC4CC(=O)CC[C@@]4(C)[C@H]3CC[C@@]12C. The number of Topliss-reactive ketones (excluding diaryl/α,β-unsaturated/α-hetero) is 2. The first kappa shape index (κ1) is 19.1. The molecule has 6 aliphatic rings. The van der Waals surface area contributed by atoms with E-state index < -0.39 is 0 Å². The number of carbonyl (C=O) groups is 2. The predicted octanol–water partition coefficient (Wildman–Crippen LogP) is 6.22. The van der Waals surface area contributed by atoms with Crippen molar-refractivity contribution < 1.29 is 9.59 Å². The Labute approximate surface area is 177 Å². The van der Waals surface area contributed by atoms with Crippen LogP contribution in [0.1, 0.15) is 97.8 Å². The lowest BCUT2D eigenvalue weighted by Crippen LogP contribution is -2.66. The zero-order valence-corrected chi connectivity index (χ0v) is 18.8. The van der Waals surface area contributed by atoms with Gasteiger partial charge in [-0.05, 0) is 111 Å². The summed E-state index contributed by atoms with van der Waals surface area (Å²) in [6.45, 7) is 7.08. The number of rotatable bonds is 1. The van der Waals surface area contributed by atoms with Crippen LogP contribution < -0.4 is 0 Å². The molecule has 6 rings (SSSR count). The third kappa shape index (κ3) is 2.06. The summed E-state index contributed by atoms with van der Waals surface area (Å²) in [6.07, 6.45) is 14.8. The van der Waals surface area contributed by atoms with Gasteiger partial charge in [-0.3, -0.25) is 9.59 Å².